The summed E-state index contributed by atoms with van der Waals surface area (Å²) in [6.45, 7) is 5.49. The molecule has 0 atom stereocenters. The number of nitrogen functional groups attached to an aromatic ring is 1. The summed E-state index contributed by atoms with van der Waals surface area (Å²) < 4.78 is 31.5. The van der Waals surface area contributed by atoms with Crippen molar-refractivity contribution in [2.45, 2.75) is 32.8 Å². The average Bonchev–Trinajstić information content (AvgIpc) is 2.35. The van der Waals surface area contributed by atoms with E-state index in [1.54, 1.807) is 20.8 Å². The van der Waals surface area contributed by atoms with Crippen molar-refractivity contribution in [1.29, 1.82) is 0 Å². The molecule has 1 aromatic rings. The summed E-state index contributed by atoms with van der Waals surface area (Å²) in [7, 11) is 0. The zero-order valence-electron chi connectivity index (χ0n) is 12.2. The third-order valence-corrected chi connectivity index (χ3v) is 2.26. The van der Waals surface area contributed by atoms with Gasteiger partial charge < -0.3 is 15.8 Å². The monoisotopic (exact) mass is 296 g/mol. The van der Waals surface area contributed by atoms with Crippen molar-refractivity contribution in [2.75, 3.05) is 12.3 Å². The summed E-state index contributed by atoms with van der Waals surface area (Å²) in [5, 5.41) is 2.50. The number of anilines is 1. The SMILES string of the molecule is CC(C)(C)OC(=O)NCCC#Cc1c(N)ccc(F)c1F. The van der Waals surface area contributed by atoms with Crippen LogP contribution in [-0.2, 0) is 4.74 Å². The molecule has 3 N–H and O–H groups in total. The van der Waals surface area contributed by atoms with Crippen LogP contribution in [0.4, 0.5) is 19.3 Å². The lowest BCUT2D eigenvalue weighted by Gasteiger charge is -2.19. The number of hydrogen-bond acceptors (Lipinski definition) is 3. The van der Waals surface area contributed by atoms with Gasteiger partial charge in [-0.05, 0) is 32.9 Å². The van der Waals surface area contributed by atoms with E-state index in [2.05, 4.69) is 17.2 Å². The van der Waals surface area contributed by atoms with Crippen LogP contribution in [0.25, 0.3) is 0 Å². The van der Waals surface area contributed by atoms with Crippen molar-refractivity contribution in [1.82, 2.24) is 5.32 Å². The van der Waals surface area contributed by atoms with Gasteiger partial charge >= 0.3 is 6.09 Å². The van der Waals surface area contributed by atoms with E-state index in [-0.39, 0.29) is 24.2 Å². The Kier molecular flexibility index (Phi) is 5.53. The fraction of sp³-hybridized carbons (Fsp3) is 0.400. The number of ether oxygens (including phenoxy) is 1. The van der Waals surface area contributed by atoms with E-state index in [1.807, 2.05) is 0 Å². The lowest BCUT2D eigenvalue weighted by molar-refractivity contribution is 0.0529. The van der Waals surface area contributed by atoms with Gasteiger partial charge in [-0.2, -0.15) is 0 Å². The number of amides is 1. The van der Waals surface area contributed by atoms with Crippen LogP contribution in [0.1, 0.15) is 32.8 Å². The first kappa shape index (κ1) is 16.8. The normalized spacial score (nSPS) is 10.5. The second kappa shape index (κ2) is 6.93. The lowest BCUT2D eigenvalue weighted by atomic mass is 10.1. The molecule has 114 valence electrons. The van der Waals surface area contributed by atoms with Crippen molar-refractivity contribution < 1.29 is 18.3 Å². The fourth-order valence-corrected chi connectivity index (χ4v) is 1.38. The van der Waals surface area contributed by atoms with Gasteiger partial charge in [0.15, 0.2) is 11.6 Å². The Balaban J connectivity index is 2.52. The van der Waals surface area contributed by atoms with Gasteiger partial charge in [0, 0.05) is 13.0 Å². The van der Waals surface area contributed by atoms with Crippen LogP contribution in [0.5, 0.6) is 0 Å². The molecule has 1 aromatic carbocycles. The topological polar surface area (TPSA) is 64.3 Å². The van der Waals surface area contributed by atoms with Crippen LogP contribution in [0.15, 0.2) is 12.1 Å². The molecule has 0 aromatic heterocycles. The zero-order chi connectivity index (χ0) is 16.0. The Morgan fingerprint density at radius 2 is 2.05 bits per heavy atom. The number of nitrogens with one attached hydrogen (secondary N) is 1. The molecule has 4 nitrogen and oxygen atoms in total. The van der Waals surface area contributed by atoms with Crippen molar-refractivity contribution in [3.05, 3.63) is 29.3 Å². The van der Waals surface area contributed by atoms with Gasteiger partial charge in [0.25, 0.3) is 0 Å². The number of alkyl carbamates (subject to hydrolysis) is 1. The van der Waals surface area contributed by atoms with Gasteiger partial charge in [0.2, 0.25) is 0 Å². The minimum atomic E-state index is -1.07. The highest BCUT2D eigenvalue weighted by molar-refractivity contribution is 5.67. The van der Waals surface area contributed by atoms with E-state index in [0.29, 0.717) is 0 Å². The number of nitrogens with two attached hydrogens (primary N) is 1. The van der Waals surface area contributed by atoms with E-state index in [1.165, 1.54) is 6.07 Å². The average molecular weight is 296 g/mol. The molecule has 0 aliphatic rings. The van der Waals surface area contributed by atoms with Crippen LogP contribution < -0.4 is 11.1 Å². The van der Waals surface area contributed by atoms with Crippen LogP contribution in [0.2, 0.25) is 0 Å². The molecule has 0 heterocycles. The molecular weight excluding hydrogens is 278 g/mol. The maximum atomic E-state index is 13.4. The number of carbonyl (C=O) groups is 1. The number of rotatable bonds is 2. The highest BCUT2D eigenvalue weighted by Crippen LogP contribution is 2.17. The molecule has 0 fully saturated rings. The Morgan fingerprint density at radius 1 is 1.38 bits per heavy atom. The quantitative estimate of drug-likeness (QED) is 0.501. The van der Waals surface area contributed by atoms with Gasteiger partial charge in [0.1, 0.15) is 5.60 Å². The van der Waals surface area contributed by atoms with Crippen LogP contribution in [0, 0.1) is 23.5 Å². The molecule has 0 unspecified atom stereocenters. The van der Waals surface area contributed by atoms with Gasteiger partial charge in [-0.1, -0.05) is 11.8 Å². The molecule has 0 saturated carbocycles. The maximum Gasteiger partial charge on any atom is 0.407 e. The molecule has 0 spiro atoms. The summed E-state index contributed by atoms with van der Waals surface area (Å²) in [5.74, 6) is 3.02. The van der Waals surface area contributed by atoms with E-state index >= 15 is 0 Å². The van der Waals surface area contributed by atoms with Crippen molar-refractivity contribution in [3.63, 3.8) is 0 Å². The van der Waals surface area contributed by atoms with Crippen LogP contribution in [0.3, 0.4) is 0 Å². The summed E-state index contributed by atoms with van der Waals surface area (Å²) in [4.78, 5) is 11.3. The zero-order valence-corrected chi connectivity index (χ0v) is 12.2. The standard InChI is InChI=1S/C15H18F2N2O2/c1-15(2,3)21-14(20)19-9-5-4-6-10-12(18)8-7-11(16)13(10)17/h7-8H,5,9,18H2,1-3H3,(H,19,20). The minimum Gasteiger partial charge on any atom is -0.444 e. The molecule has 0 aliphatic heterocycles. The molecule has 21 heavy (non-hydrogen) atoms. The minimum absolute atomic E-state index is 0.0708. The van der Waals surface area contributed by atoms with Gasteiger partial charge in [-0.3, -0.25) is 0 Å². The highest BCUT2D eigenvalue weighted by atomic mass is 19.2. The summed E-state index contributed by atoms with van der Waals surface area (Å²) in [5.41, 5.74) is 4.85. The smallest absolute Gasteiger partial charge is 0.407 e. The molecule has 0 bridgehead atoms. The first-order chi connectivity index (χ1) is 9.70. The van der Waals surface area contributed by atoms with Crippen LogP contribution in [-0.4, -0.2) is 18.2 Å². The van der Waals surface area contributed by atoms with E-state index in [0.717, 1.165) is 6.07 Å². The Hall–Kier alpha value is -2.29. The molecule has 1 amide bonds. The third kappa shape index (κ3) is 5.69. The van der Waals surface area contributed by atoms with Crippen molar-refractivity contribution in [3.8, 4) is 11.8 Å². The third-order valence-electron chi connectivity index (χ3n) is 2.26. The van der Waals surface area contributed by atoms with Crippen LogP contribution >= 0.6 is 0 Å². The molecule has 0 saturated heterocycles. The number of carbonyl (C=O) groups excluding carboxylic acids is 1. The van der Waals surface area contributed by atoms with Gasteiger partial charge in [-0.25, -0.2) is 13.6 Å². The number of hydrogen-bond donors (Lipinski definition) is 2. The van der Waals surface area contributed by atoms with Crippen molar-refractivity contribution >= 4 is 11.8 Å². The Bertz CT molecular complexity index is 584. The summed E-state index contributed by atoms with van der Waals surface area (Å²) in [6, 6.07) is 2.20. The first-order valence-electron chi connectivity index (χ1n) is 6.40. The summed E-state index contributed by atoms with van der Waals surface area (Å²) in [6.07, 6.45) is -0.296. The summed E-state index contributed by atoms with van der Waals surface area (Å²) >= 11 is 0. The molecule has 0 radical (unpaired) electrons. The lowest BCUT2D eigenvalue weighted by Crippen LogP contribution is -2.32. The van der Waals surface area contributed by atoms with E-state index in [4.69, 9.17) is 10.5 Å². The second-order valence-electron chi connectivity index (χ2n) is 5.31. The fourth-order valence-electron chi connectivity index (χ4n) is 1.38. The Morgan fingerprint density at radius 3 is 2.67 bits per heavy atom. The second-order valence-corrected chi connectivity index (χ2v) is 5.31. The largest absolute Gasteiger partial charge is 0.444 e. The van der Waals surface area contributed by atoms with Gasteiger partial charge in [0.05, 0.1) is 11.3 Å². The predicted molar refractivity (Wildman–Crippen MR) is 76.5 cm³/mol. The van der Waals surface area contributed by atoms with Crippen molar-refractivity contribution in [2.24, 2.45) is 0 Å². The first-order valence-corrected chi connectivity index (χ1v) is 6.40. The van der Waals surface area contributed by atoms with E-state index < -0.39 is 23.3 Å². The number of benzene rings is 1. The molecule has 0 aliphatic carbocycles. The Labute approximate surface area is 122 Å². The molecule has 1 rings (SSSR count). The predicted octanol–water partition coefficient (Wildman–Crippen LogP) is 2.81. The molecular formula is C15H18F2N2O2. The maximum absolute atomic E-state index is 13.4. The highest BCUT2D eigenvalue weighted by Gasteiger charge is 2.15. The van der Waals surface area contributed by atoms with Gasteiger partial charge in [-0.15, -0.1) is 0 Å². The molecule has 6 heteroatoms. The number of halogens is 2. The van der Waals surface area contributed by atoms with E-state index in [9.17, 15) is 13.6 Å².